The van der Waals surface area contributed by atoms with E-state index in [0.29, 0.717) is 17.9 Å². The molecule has 0 unspecified atom stereocenters. The van der Waals surface area contributed by atoms with Gasteiger partial charge < -0.3 is 15.0 Å². The Morgan fingerprint density at radius 2 is 1.84 bits per heavy atom. The first-order valence-electron chi connectivity index (χ1n) is 8.25. The number of aryl methyl sites for hydroxylation is 1. The minimum Gasteiger partial charge on any atom is -0.427 e. The van der Waals surface area contributed by atoms with Crippen molar-refractivity contribution in [1.82, 2.24) is 4.98 Å². The number of carbonyl (C=O) groups is 2. The molecule has 0 aliphatic carbocycles. The van der Waals surface area contributed by atoms with E-state index in [0.717, 1.165) is 18.4 Å². The van der Waals surface area contributed by atoms with Crippen LogP contribution in [0.4, 0.5) is 5.69 Å². The zero-order valence-corrected chi connectivity index (χ0v) is 14.0. The fraction of sp³-hybridized carbons (Fsp3) is 0.200. The lowest BCUT2D eigenvalue weighted by Crippen LogP contribution is -2.08. The number of hydrogen-bond acceptors (Lipinski definition) is 3. The third kappa shape index (κ3) is 4.47. The number of rotatable bonds is 6. The third-order valence-corrected chi connectivity index (χ3v) is 3.91. The molecule has 1 heterocycles. The van der Waals surface area contributed by atoms with Gasteiger partial charge in [0.25, 0.3) is 0 Å². The third-order valence-electron chi connectivity index (χ3n) is 3.91. The maximum absolute atomic E-state index is 12.0. The maximum atomic E-state index is 12.0. The molecule has 1 amide bonds. The van der Waals surface area contributed by atoms with Crippen LogP contribution in [0.1, 0.15) is 25.3 Å². The second kappa shape index (κ2) is 7.66. The molecule has 2 N–H and O–H groups in total. The quantitative estimate of drug-likeness (QED) is 0.527. The summed E-state index contributed by atoms with van der Waals surface area (Å²) in [5, 5.41) is 3.87. The van der Waals surface area contributed by atoms with Gasteiger partial charge in [0, 0.05) is 36.1 Å². The molecule has 1 aromatic heterocycles. The number of para-hydroxylation sites is 1. The van der Waals surface area contributed by atoms with Crippen molar-refractivity contribution in [2.24, 2.45) is 0 Å². The fourth-order valence-corrected chi connectivity index (χ4v) is 2.75. The number of anilines is 1. The first-order valence-corrected chi connectivity index (χ1v) is 8.25. The minimum absolute atomic E-state index is 0.137. The second-order valence-electron chi connectivity index (χ2n) is 5.89. The van der Waals surface area contributed by atoms with Crippen LogP contribution in [-0.2, 0) is 16.0 Å². The van der Waals surface area contributed by atoms with Crippen LogP contribution < -0.4 is 10.1 Å². The van der Waals surface area contributed by atoms with E-state index in [2.05, 4.69) is 16.4 Å². The lowest BCUT2D eigenvalue weighted by Gasteiger charge is -2.06. The maximum Gasteiger partial charge on any atom is 0.311 e. The molecule has 0 spiro atoms. The molecule has 0 radical (unpaired) electrons. The summed E-state index contributed by atoms with van der Waals surface area (Å²) in [5.41, 5.74) is 2.99. The number of fused-ring (bicyclic) bond motifs is 1. The molecule has 0 aliphatic heterocycles. The molecule has 5 nitrogen and oxygen atoms in total. The Bertz CT molecular complexity index is 881. The Hall–Kier alpha value is -3.08. The summed E-state index contributed by atoms with van der Waals surface area (Å²) in [4.78, 5) is 26.2. The number of carbonyl (C=O) groups excluding carboxylic acids is 2. The zero-order valence-electron chi connectivity index (χ0n) is 14.0. The SMILES string of the molecule is CC(=O)Nc1ccc(OC(=O)CCCc2c[nH]c3ccccc23)cc1. The van der Waals surface area contributed by atoms with Crippen molar-refractivity contribution in [2.75, 3.05) is 5.32 Å². The van der Waals surface area contributed by atoms with E-state index in [1.54, 1.807) is 24.3 Å². The molecular formula is C20H20N2O3. The van der Waals surface area contributed by atoms with E-state index in [1.165, 1.54) is 17.9 Å². The highest BCUT2D eigenvalue weighted by atomic mass is 16.5. The van der Waals surface area contributed by atoms with E-state index in [4.69, 9.17) is 4.74 Å². The van der Waals surface area contributed by atoms with Crippen LogP contribution in [0.3, 0.4) is 0 Å². The van der Waals surface area contributed by atoms with Crippen LogP contribution in [0, 0.1) is 0 Å². The molecule has 0 saturated carbocycles. The lowest BCUT2D eigenvalue weighted by atomic mass is 10.1. The second-order valence-corrected chi connectivity index (χ2v) is 5.89. The number of H-pyrrole nitrogens is 1. The van der Waals surface area contributed by atoms with Gasteiger partial charge >= 0.3 is 5.97 Å². The van der Waals surface area contributed by atoms with Gasteiger partial charge in [-0.1, -0.05) is 18.2 Å². The van der Waals surface area contributed by atoms with Gasteiger partial charge in [-0.3, -0.25) is 9.59 Å². The number of esters is 1. The number of benzene rings is 2. The van der Waals surface area contributed by atoms with E-state index < -0.39 is 0 Å². The topological polar surface area (TPSA) is 71.2 Å². The summed E-state index contributed by atoms with van der Waals surface area (Å²) in [6.45, 7) is 1.45. The molecule has 3 rings (SSSR count). The standard InChI is InChI=1S/C20H20N2O3/c1-14(23)22-16-9-11-17(12-10-16)25-20(24)8-4-5-15-13-21-19-7-3-2-6-18(15)19/h2-3,6-7,9-13,21H,4-5,8H2,1H3,(H,22,23). The van der Waals surface area contributed by atoms with Crippen molar-refractivity contribution in [3.63, 3.8) is 0 Å². The summed E-state index contributed by atoms with van der Waals surface area (Å²) < 4.78 is 5.32. The van der Waals surface area contributed by atoms with Crippen LogP contribution >= 0.6 is 0 Å². The number of nitrogens with one attached hydrogen (secondary N) is 2. The fourth-order valence-electron chi connectivity index (χ4n) is 2.75. The Morgan fingerprint density at radius 1 is 1.08 bits per heavy atom. The average Bonchev–Trinajstić information content (AvgIpc) is 3.00. The molecule has 5 heteroatoms. The number of aromatic nitrogens is 1. The highest BCUT2D eigenvalue weighted by molar-refractivity contribution is 5.88. The molecule has 3 aromatic rings. The van der Waals surface area contributed by atoms with Gasteiger partial charge in [0.15, 0.2) is 0 Å². The van der Waals surface area contributed by atoms with E-state index >= 15 is 0 Å². The predicted octanol–water partition coefficient (Wildman–Crippen LogP) is 4.05. The molecule has 0 bridgehead atoms. The summed E-state index contributed by atoms with van der Waals surface area (Å²) >= 11 is 0. The van der Waals surface area contributed by atoms with Gasteiger partial charge in [-0.2, -0.15) is 0 Å². The van der Waals surface area contributed by atoms with Crippen molar-refractivity contribution in [3.8, 4) is 5.75 Å². The van der Waals surface area contributed by atoms with Gasteiger partial charge in [0.1, 0.15) is 5.75 Å². The van der Waals surface area contributed by atoms with Crippen LogP contribution in [0.25, 0.3) is 10.9 Å². The molecule has 25 heavy (non-hydrogen) atoms. The molecule has 0 aliphatic rings. The summed E-state index contributed by atoms with van der Waals surface area (Å²) in [5.74, 6) is 0.0836. The number of hydrogen-bond donors (Lipinski definition) is 2. The normalized spacial score (nSPS) is 10.6. The Labute approximate surface area is 146 Å². The average molecular weight is 336 g/mol. The Balaban J connectivity index is 1.49. The minimum atomic E-state index is -0.257. The Morgan fingerprint density at radius 3 is 2.60 bits per heavy atom. The predicted molar refractivity (Wildman–Crippen MR) is 97.6 cm³/mol. The van der Waals surface area contributed by atoms with Crippen molar-refractivity contribution in [3.05, 3.63) is 60.3 Å². The molecule has 0 fully saturated rings. The van der Waals surface area contributed by atoms with Crippen LogP contribution in [-0.4, -0.2) is 16.9 Å². The molecule has 128 valence electrons. The number of amides is 1. The Kier molecular flexibility index (Phi) is 5.14. The van der Waals surface area contributed by atoms with Gasteiger partial charge in [-0.15, -0.1) is 0 Å². The highest BCUT2D eigenvalue weighted by Crippen LogP contribution is 2.20. The van der Waals surface area contributed by atoms with Crippen molar-refractivity contribution >= 4 is 28.5 Å². The van der Waals surface area contributed by atoms with Crippen molar-refractivity contribution in [2.45, 2.75) is 26.2 Å². The largest absolute Gasteiger partial charge is 0.427 e. The monoisotopic (exact) mass is 336 g/mol. The number of ether oxygens (including phenoxy) is 1. The molecule has 0 saturated heterocycles. The summed E-state index contributed by atoms with van der Waals surface area (Å²) in [6, 6.07) is 14.9. The molecule has 0 atom stereocenters. The van der Waals surface area contributed by atoms with Gasteiger partial charge in [-0.25, -0.2) is 0 Å². The van der Waals surface area contributed by atoms with Crippen LogP contribution in [0.15, 0.2) is 54.7 Å². The first kappa shape index (κ1) is 16.8. The summed E-state index contributed by atoms with van der Waals surface area (Å²) in [7, 11) is 0. The van der Waals surface area contributed by atoms with Gasteiger partial charge in [0.05, 0.1) is 0 Å². The lowest BCUT2D eigenvalue weighted by molar-refractivity contribution is -0.134. The first-order chi connectivity index (χ1) is 12.1. The molecular weight excluding hydrogens is 316 g/mol. The van der Waals surface area contributed by atoms with E-state index in [9.17, 15) is 9.59 Å². The number of aromatic amines is 1. The van der Waals surface area contributed by atoms with Gasteiger partial charge in [-0.05, 0) is 48.7 Å². The van der Waals surface area contributed by atoms with E-state index in [-0.39, 0.29) is 11.9 Å². The smallest absolute Gasteiger partial charge is 0.311 e. The zero-order chi connectivity index (χ0) is 17.6. The highest BCUT2D eigenvalue weighted by Gasteiger charge is 2.08. The molecule has 2 aromatic carbocycles. The van der Waals surface area contributed by atoms with Gasteiger partial charge in [0.2, 0.25) is 5.91 Å². The van der Waals surface area contributed by atoms with Crippen molar-refractivity contribution in [1.29, 1.82) is 0 Å². The van der Waals surface area contributed by atoms with Crippen LogP contribution in [0.5, 0.6) is 5.75 Å². The summed E-state index contributed by atoms with van der Waals surface area (Å²) in [6.07, 6.45) is 3.90. The van der Waals surface area contributed by atoms with E-state index in [1.807, 2.05) is 24.4 Å². The van der Waals surface area contributed by atoms with Crippen molar-refractivity contribution < 1.29 is 14.3 Å². The van der Waals surface area contributed by atoms with Crippen LogP contribution in [0.2, 0.25) is 0 Å².